The van der Waals surface area contributed by atoms with E-state index in [1.165, 1.54) is 0 Å². The van der Waals surface area contributed by atoms with Gasteiger partial charge in [0.2, 0.25) is 11.8 Å². The van der Waals surface area contributed by atoms with E-state index in [1.807, 2.05) is 45.0 Å². The van der Waals surface area contributed by atoms with Gasteiger partial charge in [0.15, 0.2) is 0 Å². The zero-order valence-electron chi connectivity index (χ0n) is 27.8. The van der Waals surface area contributed by atoms with Gasteiger partial charge >= 0.3 is 0 Å². The number of ether oxygens (including phenoxy) is 3. The summed E-state index contributed by atoms with van der Waals surface area (Å²) in [4.78, 5) is 49.0. The lowest BCUT2D eigenvalue weighted by Crippen LogP contribution is -2.60. The number of anilines is 2. The van der Waals surface area contributed by atoms with Crippen molar-refractivity contribution in [2.24, 2.45) is 17.8 Å². The zero-order valence-corrected chi connectivity index (χ0v) is 27.8. The summed E-state index contributed by atoms with van der Waals surface area (Å²) in [5, 5.41) is 10.7. The molecule has 3 aliphatic rings. The van der Waals surface area contributed by atoms with Crippen LogP contribution in [0, 0.1) is 17.8 Å². The molecule has 3 aliphatic heterocycles. The number of aliphatic hydroxyl groups excluding tert-OH is 1. The maximum absolute atomic E-state index is 14.9. The summed E-state index contributed by atoms with van der Waals surface area (Å²) in [5.41, 5.74) is 0.0272. The fourth-order valence-corrected chi connectivity index (χ4v) is 7.71. The number of carbonyl (C=O) groups is 3. The number of hydrogen-bond donors (Lipinski definition) is 1. The van der Waals surface area contributed by atoms with E-state index < -0.39 is 35.6 Å². The second-order valence-electron chi connectivity index (χ2n) is 12.5. The topological polar surface area (TPSA) is 109 Å². The number of fused-ring (bicyclic) bond motifs is 1. The normalized spacial score (nSPS) is 25.6. The number of amides is 3. The van der Waals surface area contributed by atoms with Gasteiger partial charge in [-0.2, -0.15) is 0 Å². The van der Waals surface area contributed by atoms with Crippen molar-refractivity contribution in [3.05, 3.63) is 73.8 Å². The van der Waals surface area contributed by atoms with Crippen molar-refractivity contribution in [1.82, 2.24) is 4.90 Å². The van der Waals surface area contributed by atoms with Gasteiger partial charge in [0, 0.05) is 24.5 Å². The Morgan fingerprint density at radius 1 is 1.02 bits per heavy atom. The Kier molecular flexibility index (Phi) is 10.4. The lowest BCUT2D eigenvalue weighted by molar-refractivity contribution is -0.145. The van der Waals surface area contributed by atoms with Gasteiger partial charge in [0.25, 0.3) is 5.91 Å². The molecule has 3 amide bonds. The highest BCUT2D eigenvalue weighted by Crippen LogP contribution is 2.59. The summed E-state index contributed by atoms with van der Waals surface area (Å²) in [6.07, 6.45) is 4.41. The standard InChI is InChI=1S/C37H47N3O7/c1-7-21-38(25-13-17-28(18-14-25)46-10-4)34(42)31-30-19-20-37(47-30)32(31)35(43)40(29(23-41)24(5)9-3)33(37)36(44)39(22-8-2)26-11-15-27(45-6)16-12-26/h7-8,11-18,24,29-33,41H,1-2,9-10,19-23H2,3-6H3/t24-,29-,30+,31-,32-,33?,37?/m0/s1. The summed E-state index contributed by atoms with van der Waals surface area (Å²) in [6, 6.07) is 12.7. The van der Waals surface area contributed by atoms with Gasteiger partial charge in [0.05, 0.1) is 44.3 Å². The molecule has 1 N–H and O–H groups in total. The molecular weight excluding hydrogens is 598 g/mol. The molecule has 2 bridgehead atoms. The first kappa shape index (κ1) is 34.2. The van der Waals surface area contributed by atoms with Crippen LogP contribution in [0.25, 0.3) is 0 Å². The molecule has 3 fully saturated rings. The molecule has 5 rings (SSSR count). The molecule has 0 aliphatic carbocycles. The van der Waals surface area contributed by atoms with Gasteiger partial charge in [-0.1, -0.05) is 32.4 Å². The first-order valence-corrected chi connectivity index (χ1v) is 16.5. The van der Waals surface area contributed by atoms with E-state index in [2.05, 4.69) is 13.2 Å². The molecule has 3 heterocycles. The SMILES string of the molecule is C=CCN(C(=O)C1N([C@@H](CO)[C@@H](C)CC)C(=O)[C@@H]2[C@@H](C(=O)N(CC=C)c3ccc(OCC)cc3)[C@H]3CCC12O3)c1ccc(OC)cc1. The predicted octanol–water partition coefficient (Wildman–Crippen LogP) is 4.61. The summed E-state index contributed by atoms with van der Waals surface area (Å²) in [6.45, 7) is 14.2. The van der Waals surface area contributed by atoms with E-state index in [0.29, 0.717) is 48.7 Å². The molecule has 3 saturated heterocycles. The Hall–Kier alpha value is -4.15. The first-order chi connectivity index (χ1) is 22.7. The van der Waals surface area contributed by atoms with Crippen molar-refractivity contribution in [1.29, 1.82) is 0 Å². The minimum absolute atomic E-state index is 0.115. The van der Waals surface area contributed by atoms with E-state index >= 15 is 0 Å². The van der Waals surface area contributed by atoms with Crippen LogP contribution in [-0.2, 0) is 19.1 Å². The Bertz CT molecular complexity index is 1460. The first-order valence-electron chi connectivity index (χ1n) is 16.5. The number of methoxy groups -OCH3 is 1. The summed E-state index contributed by atoms with van der Waals surface area (Å²) in [7, 11) is 1.57. The van der Waals surface area contributed by atoms with Crippen molar-refractivity contribution in [3.63, 3.8) is 0 Å². The third kappa shape index (κ3) is 5.93. The van der Waals surface area contributed by atoms with E-state index in [0.717, 1.165) is 0 Å². The number of rotatable bonds is 15. The van der Waals surface area contributed by atoms with Crippen LogP contribution >= 0.6 is 0 Å². The zero-order chi connectivity index (χ0) is 33.9. The van der Waals surface area contributed by atoms with Crippen LogP contribution < -0.4 is 19.3 Å². The highest BCUT2D eigenvalue weighted by Gasteiger charge is 2.75. The van der Waals surface area contributed by atoms with Crippen LogP contribution in [-0.4, -0.2) is 84.9 Å². The fraction of sp³-hybridized carbons (Fsp3) is 0.486. The summed E-state index contributed by atoms with van der Waals surface area (Å²) >= 11 is 0. The Morgan fingerprint density at radius 2 is 1.60 bits per heavy atom. The van der Waals surface area contributed by atoms with E-state index in [9.17, 15) is 19.5 Å². The smallest absolute Gasteiger partial charge is 0.253 e. The van der Waals surface area contributed by atoms with E-state index in [4.69, 9.17) is 14.2 Å². The van der Waals surface area contributed by atoms with Crippen LogP contribution in [0.4, 0.5) is 11.4 Å². The summed E-state index contributed by atoms with van der Waals surface area (Å²) < 4.78 is 17.7. The molecule has 10 nitrogen and oxygen atoms in total. The second kappa shape index (κ2) is 14.3. The van der Waals surface area contributed by atoms with Crippen LogP contribution in [0.15, 0.2) is 73.8 Å². The average Bonchev–Trinajstić information content (AvgIpc) is 3.74. The van der Waals surface area contributed by atoms with Gasteiger partial charge in [-0.05, 0) is 74.2 Å². The molecule has 1 spiro atoms. The van der Waals surface area contributed by atoms with Gasteiger partial charge in [0.1, 0.15) is 23.1 Å². The number of likely N-dealkylation sites (tertiary alicyclic amines) is 1. The minimum atomic E-state index is -1.23. The lowest BCUT2D eigenvalue weighted by atomic mass is 9.70. The fourth-order valence-electron chi connectivity index (χ4n) is 7.71. The Balaban J connectivity index is 1.58. The van der Waals surface area contributed by atoms with Gasteiger partial charge in [-0.15, -0.1) is 13.2 Å². The third-order valence-electron chi connectivity index (χ3n) is 10.1. The lowest BCUT2D eigenvalue weighted by Gasteiger charge is -2.40. The molecular formula is C37H47N3O7. The number of carbonyl (C=O) groups excluding carboxylic acids is 3. The van der Waals surface area contributed by atoms with Gasteiger partial charge in [-0.25, -0.2) is 0 Å². The molecule has 2 aromatic rings. The molecule has 0 saturated carbocycles. The van der Waals surface area contributed by atoms with Gasteiger partial charge < -0.3 is 34.0 Å². The Labute approximate surface area is 277 Å². The highest BCUT2D eigenvalue weighted by atomic mass is 16.5. The molecule has 2 aromatic carbocycles. The largest absolute Gasteiger partial charge is 0.497 e. The number of aliphatic hydroxyl groups is 1. The Morgan fingerprint density at radius 3 is 2.11 bits per heavy atom. The second-order valence-corrected chi connectivity index (χ2v) is 12.5. The van der Waals surface area contributed by atoms with E-state index in [-0.39, 0.29) is 43.3 Å². The predicted molar refractivity (Wildman–Crippen MR) is 180 cm³/mol. The molecule has 252 valence electrons. The maximum Gasteiger partial charge on any atom is 0.253 e. The number of benzene rings is 2. The maximum atomic E-state index is 14.9. The van der Waals surface area contributed by atoms with Gasteiger partial charge in [-0.3, -0.25) is 14.4 Å². The van der Waals surface area contributed by atoms with Crippen molar-refractivity contribution in [2.75, 3.05) is 43.2 Å². The highest BCUT2D eigenvalue weighted by molar-refractivity contribution is 6.06. The molecule has 0 radical (unpaired) electrons. The van der Waals surface area contributed by atoms with Crippen molar-refractivity contribution in [2.45, 2.75) is 63.8 Å². The molecule has 0 aromatic heterocycles. The van der Waals surface area contributed by atoms with Crippen molar-refractivity contribution >= 4 is 29.1 Å². The number of hydrogen-bond acceptors (Lipinski definition) is 7. The van der Waals surface area contributed by atoms with Crippen LogP contribution in [0.2, 0.25) is 0 Å². The van der Waals surface area contributed by atoms with Crippen LogP contribution in [0.5, 0.6) is 11.5 Å². The van der Waals surface area contributed by atoms with Crippen LogP contribution in [0.3, 0.4) is 0 Å². The molecule has 7 atom stereocenters. The van der Waals surface area contributed by atoms with Crippen LogP contribution in [0.1, 0.15) is 40.0 Å². The molecule has 10 heteroatoms. The summed E-state index contributed by atoms with van der Waals surface area (Å²) in [5.74, 6) is -1.41. The van der Waals surface area contributed by atoms with Crippen molar-refractivity contribution in [3.8, 4) is 11.5 Å². The quantitative estimate of drug-likeness (QED) is 0.282. The monoisotopic (exact) mass is 645 g/mol. The molecule has 2 unspecified atom stereocenters. The third-order valence-corrected chi connectivity index (χ3v) is 10.1. The average molecular weight is 646 g/mol. The molecule has 47 heavy (non-hydrogen) atoms. The minimum Gasteiger partial charge on any atom is -0.497 e. The van der Waals surface area contributed by atoms with E-state index in [1.54, 1.807) is 58.2 Å². The number of nitrogens with zero attached hydrogens (tertiary/aromatic N) is 3. The van der Waals surface area contributed by atoms with Crippen molar-refractivity contribution < 1.29 is 33.7 Å².